The Morgan fingerprint density at radius 2 is 2.00 bits per heavy atom. The van der Waals surface area contributed by atoms with Gasteiger partial charge in [0.1, 0.15) is 11.4 Å². The smallest absolute Gasteiger partial charge is 0.109 e. The maximum absolute atomic E-state index is 5.78. The average Bonchev–Trinajstić information content (AvgIpc) is 3.15. The fourth-order valence-corrected chi connectivity index (χ4v) is 2.94. The Morgan fingerprint density at radius 1 is 1.20 bits per heavy atom. The second-order valence-electron chi connectivity index (χ2n) is 4.50. The van der Waals surface area contributed by atoms with E-state index in [1.54, 1.807) is 11.3 Å². The van der Waals surface area contributed by atoms with Crippen molar-refractivity contribution in [2.75, 3.05) is 0 Å². The van der Waals surface area contributed by atoms with E-state index in [1.165, 1.54) is 5.56 Å². The van der Waals surface area contributed by atoms with Crippen molar-refractivity contribution in [1.82, 2.24) is 15.0 Å². The van der Waals surface area contributed by atoms with Gasteiger partial charge in [0.2, 0.25) is 0 Å². The van der Waals surface area contributed by atoms with E-state index >= 15 is 0 Å². The molecule has 3 aromatic rings. The topological polar surface area (TPSA) is 56.7 Å². The van der Waals surface area contributed by atoms with Gasteiger partial charge in [-0.05, 0) is 35.6 Å². The van der Waals surface area contributed by atoms with Gasteiger partial charge in [0.05, 0.1) is 10.6 Å². The molecule has 20 heavy (non-hydrogen) atoms. The van der Waals surface area contributed by atoms with Gasteiger partial charge in [-0.25, -0.2) is 4.68 Å². The van der Waals surface area contributed by atoms with Crippen LogP contribution in [0.25, 0.3) is 16.3 Å². The van der Waals surface area contributed by atoms with E-state index < -0.39 is 0 Å². The number of benzene rings is 1. The van der Waals surface area contributed by atoms with Gasteiger partial charge in [-0.1, -0.05) is 30.3 Å². The molecule has 0 unspecified atom stereocenters. The Bertz CT molecular complexity index is 683. The van der Waals surface area contributed by atoms with Crippen molar-refractivity contribution in [3.63, 3.8) is 0 Å². The van der Waals surface area contributed by atoms with Gasteiger partial charge in [-0.3, -0.25) is 0 Å². The van der Waals surface area contributed by atoms with Crippen LogP contribution in [0.4, 0.5) is 0 Å². The standard InChI is InChI=1S/C15H16N4S/c1-2-11-5-7-12(8-6-11)19-15(13(10-16)17-18-19)14-4-3-9-20-14/h3-9H,2,10,16H2,1H3. The molecule has 0 saturated carbocycles. The number of hydrogen-bond donors (Lipinski definition) is 1. The second-order valence-corrected chi connectivity index (χ2v) is 5.45. The average molecular weight is 284 g/mol. The minimum atomic E-state index is 0.389. The van der Waals surface area contributed by atoms with Crippen LogP contribution in [0.1, 0.15) is 18.2 Å². The molecule has 0 aliphatic rings. The molecule has 102 valence electrons. The van der Waals surface area contributed by atoms with E-state index in [0.29, 0.717) is 6.54 Å². The molecule has 0 aliphatic heterocycles. The van der Waals surface area contributed by atoms with Gasteiger partial charge in [-0.15, -0.1) is 16.4 Å². The molecule has 0 amide bonds. The third-order valence-electron chi connectivity index (χ3n) is 3.28. The van der Waals surface area contributed by atoms with Gasteiger partial charge in [-0.2, -0.15) is 0 Å². The van der Waals surface area contributed by atoms with Gasteiger partial charge in [0.15, 0.2) is 0 Å². The van der Waals surface area contributed by atoms with Gasteiger partial charge in [0, 0.05) is 6.54 Å². The van der Waals surface area contributed by atoms with Crippen LogP contribution in [0.15, 0.2) is 41.8 Å². The predicted molar refractivity (Wildman–Crippen MR) is 81.9 cm³/mol. The molecule has 4 nitrogen and oxygen atoms in total. The Labute approximate surface area is 121 Å². The molecular formula is C15H16N4S. The van der Waals surface area contributed by atoms with E-state index in [-0.39, 0.29) is 0 Å². The third-order valence-corrected chi connectivity index (χ3v) is 4.15. The quantitative estimate of drug-likeness (QED) is 0.801. The Kier molecular flexibility index (Phi) is 3.62. The molecule has 1 aromatic carbocycles. The SMILES string of the molecule is CCc1ccc(-n2nnc(CN)c2-c2cccs2)cc1. The van der Waals surface area contributed by atoms with Crippen LogP contribution < -0.4 is 5.73 Å². The van der Waals surface area contributed by atoms with Crippen LogP contribution in [0, 0.1) is 0 Å². The lowest BCUT2D eigenvalue weighted by molar-refractivity contribution is 0.800. The van der Waals surface area contributed by atoms with Crippen molar-refractivity contribution in [3.05, 3.63) is 53.0 Å². The molecular weight excluding hydrogens is 268 g/mol. The normalized spacial score (nSPS) is 10.9. The highest BCUT2D eigenvalue weighted by Gasteiger charge is 2.15. The summed E-state index contributed by atoms with van der Waals surface area (Å²) < 4.78 is 1.87. The molecule has 0 spiro atoms. The number of aromatic nitrogens is 3. The molecule has 5 heteroatoms. The number of aryl methyl sites for hydroxylation is 1. The first kappa shape index (κ1) is 13.0. The zero-order valence-corrected chi connectivity index (χ0v) is 12.1. The van der Waals surface area contributed by atoms with Crippen molar-refractivity contribution in [2.45, 2.75) is 19.9 Å². The van der Waals surface area contributed by atoms with E-state index in [2.05, 4.69) is 47.6 Å². The van der Waals surface area contributed by atoms with Crippen LogP contribution in [0.5, 0.6) is 0 Å². The lowest BCUT2D eigenvalue weighted by atomic mass is 10.1. The van der Waals surface area contributed by atoms with Crippen molar-refractivity contribution < 1.29 is 0 Å². The van der Waals surface area contributed by atoms with Crippen LogP contribution in [-0.4, -0.2) is 15.0 Å². The summed E-state index contributed by atoms with van der Waals surface area (Å²) >= 11 is 1.67. The van der Waals surface area contributed by atoms with Crippen LogP contribution in [0.2, 0.25) is 0 Å². The molecule has 2 N–H and O–H groups in total. The first-order valence-corrected chi connectivity index (χ1v) is 7.49. The minimum Gasteiger partial charge on any atom is -0.325 e. The van der Waals surface area contributed by atoms with Crippen LogP contribution >= 0.6 is 11.3 Å². The Hall–Kier alpha value is -1.98. The number of rotatable bonds is 4. The highest BCUT2D eigenvalue weighted by molar-refractivity contribution is 7.13. The number of nitrogens with two attached hydrogens (primary N) is 1. The van der Waals surface area contributed by atoms with Crippen molar-refractivity contribution in [3.8, 4) is 16.3 Å². The largest absolute Gasteiger partial charge is 0.325 e. The highest BCUT2D eigenvalue weighted by Crippen LogP contribution is 2.29. The summed E-state index contributed by atoms with van der Waals surface area (Å²) in [4.78, 5) is 1.13. The Balaban J connectivity index is 2.11. The summed E-state index contributed by atoms with van der Waals surface area (Å²) in [5, 5.41) is 10.5. The summed E-state index contributed by atoms with van der Waals surface area (Å²) in [5.41, 5.74) is 9.92. The number of nitrogens with zero attached hydrogens (tertiary/aromatic N) is 3. The maximum atomic E-state index is 5.78. The van der Waals surface area contributed by atoms with Crippen molar-refractivity contribution >= 4 is 11.3 Å². The molecule has 0 atom stereocenters. The second kappa shape index (κ2) is 5.56. The molecule has 0 fully saturated rings. The van der Waals surface area contributed by atoms with E-state index in [0.717, 1.165) is 28.4 Å². The fraction of sp³-hybridized carbons (Fsp3) is 0.200. The third kappa shape index (κ3) is 2.26. The molecule has 0 aliphatic carbocycles. The summed E-state index contributed by atoms with van der Waals surface area (Å²) in [6, 6.07) is 12.5. The van der Waals surface area contributed by atoms with Crippen molar-refractivity contribution in [2.24, 2.45) is 5.73 Å². The maximum Gasteiger partial charge on any atom is 0.109 e. The number of hydrogen-bond acceptors (Lipinski definition) is 4. The summed E-state index contributed by atoms with van der Waals surface area (Å²) in [6.07, 6.45) is 1.03. The summed E-state index contributed by atoms with van der Waals surface area (Å²) in [7, 11) is 0. The first-order chi connectivity index (χ1) is 9.83. The molecule has 2 heterocycles. The van der Waals surface area contributed by atoms with E-state index in [1.807, 2.05) is 16.1 Å². The van der Waals surface area contributed by atoms with Gasteiger partial charge < -0.3 is 5.73 Å². The fourth-order valence-electron chi connectivity index (χ4n) is 2.16. The summed E-state index contributed by atoms with van der Waals surface area (Å²) in [5.74, 6) is 0. The zero-order valence-electron chi connectivity index (χ0n) is 11.3. The zero-order chi connectivity index (χ0) is 13.9. The monoisotopic (exact) mass is 284 g/mol. The lowest BCUT2D eigenvalue weighted by Gasteiger charge is -2.07. The Morgan fingerprint density at radius 3 is 2.60 bits per heavy atom. The molecule has 0 radical (unpaired) electrons. The molecule has 0 bridgehead atoms. The van der Waals surface area contributed by atoms with Crippen molar-refractivity contribution in [1.29, 1.82) is 0 Å². The lowest BCUT2D eigenvalue weighted by Crippen LogP contribution is -2.01. The highest BCUT2D eigenvalue weighted by atomic mass is 32.1. The minimum absolute atomic E-state index is 0.389. The summed E-state index contributed by atoms with van der Waals surface area (Å²) in [6.45, 7) is 2.54. The molecule has 0 saturated heterocycles. The van der Waals surface area contributed by atoms with E-state index in [9.17, 15) is 0 Å². The van der Waals surface area contributed by atoms with Crippen LogP contribution in [0.3, 0.4) is 0 Å². The van der Waals surface area contributed by atoms with E-state index in [4.69, 9.17) is 5.73 Å². The van der Waals surface area contributed by atoms with Crippen LogP contribution in [-0.2, 0) is 13.0 Å². The number of thiophene rings is 1. The molecule has 2 aromatic heterocycles. The predicted octanol–water partition coefficient (Wildman–Crippen LogP) is 3.02. The first-order valence-electron chi connectivity index (χ1n) is 6.61. The van der Waals surface area contributed by atoms with Gasteiger partial charge in [0.25, 0.3) is 0 Å². The molecule has 3 rings (SSSR count). The van der Waals surface area contributed by atoms with Gasteiger partial charge >= 0.3 is 0 Å².